The minimum atomic E-state index is -0.692. The zero-order chi connectivity index (χ0) is 24.2. The topological polar surface area (TPSA) is 73.0 Å². The van der Waals surface area contributed by atoms with Crippen LogP contribution in [0.3, 0.4) is 0 Å². The van der Waals surface area contributed by atoms with Gasteiger partial charge in [0.15, 0.2) is 0 Å². The lowest BCUT2D eigenvalue weighted by atomic mass is 9.49. The Morgan fingerprint density at radius 2 is 1.63 bits per heavy atom. The molecule has 188 valence electrons. The van der Waals surface area contributed by atoms with Crippen LogP contribution in [0.1, 0.15) is 44.9 Å². The van der Waals surface area contributed by atoms with Crippen molar-refractivity contribution in [3.8, 4) is 0 Å². The van der Waals surface area contributed by atoms with Crippen LogP contribution in [-0.2, 0) is 14.4 Å². The number of nitrogens with one attached hydrogen (secondary N) is 1. The SMILES string of the molecule is O=C1C[C@H](NC(=O)C23CC4CC(CC(C4)C2)C3)C(=O)N1CCN1CCN(c2cccc(Cl)c2)CC1. The fourth-order valence-corrected chi connectivity index (χ4v) is 8.06. The molecule has 0 unspecified atom stereocenters. The molecule has 8 heteroatoms. The van der Waals surface area contributed by atoms with Crippen LogP contribution in [0.15, 0.2) is 24.3 Å². The van der Waals surface area contributed by atoms with Crippen LogP contribution in [0.2, 0.25) is 5.02 Å². The van der Waals surface area contributed by atoms with Crippen molar-refractivity contribution in [3.63, 3.8) is 0 Å². The summed E-state index contributed by atoms with van der Waals surface area (Å²) in [5, 5.41) is 3.77. The molecule has 2 saturated heterocycles. The van der Waals surface area contributed by atoms with Gasteiger partial charge >= 0.3 is 0 Å². The first kappa shape index (κ1) is 23.3. The molecule has 35 heavy (non-hydrogen) atoms. The van der Waals surface area contributed by atoms with Crippen molar-refractivity contribution >= 4 is 35.0 Å². The average molecular weight is 499 g/mol. The molecule has 2 aliphatic heterocycles. The van der Waals surface area contributed by atoms with E-state index in [2.05, 4.69) is 21.2 Å². The molecule has 6 aliphatic rings. The van der Waals surface area contributed by atoms with Gasteiger partial charge in [-0.3, -0.25) is 24.2 Å². The molecule has 4 bridgehead atoms. The molecule has 1 atom stereocenters. The Balaban J connectivity index is 1.00. The van der Waals surface area contributed by atoms with E-state index in [9.17, 15) is 14.4 Å². The van der Waals surface area contributed by atoms with E-state index in [1.54, 1.807) is 0 Å². The summed E-state index contributed by atoms with van der Waals surface area (Å²) >= 11 is 6.13. The highest BCUT2D eigenvalue weighted by molar-refractivity contribution is 6.30. The van der Waals surface area contributed by atoms with E-state index in [1.807, 2.05) is 18.2 Å². The number of imide groups is 1. The lowest BCUT2D eigenvalue weighted by molar-refractivity contribution is -0.149. The van der Waals surface area contributed by atoms with Crippen LogP contribution in [0.25, 0.3) is 0 Å². The number of piperazine rings is 1. The zero-order valence-electron chi connectivity index (χ0n) is 20.3. The number of amides is 3. The maximum absolute atomic E-state index is 13.4. The van der Waals surface area contributed by atoms with E-state index in [0.717, 1.165) is 56.2 Å². The predicted octanol–water partition coefficient (Wildman–Crippen LogP) is 2.92. The van der Waals surface area contributed by atoms with E-state index < -0.39 is 6.04 Å². The van der Waals surface area contributed by atoms with Crippen molar-refractivity contribution < 1.29 is 14.4 Å². The van der Waals surface area contributed by atoms with Crippen LogP contribution in [0.5, 0.6) is 0 Å². The molecule has 3 amide bonds. The molecular formula is C27H35ClN4O3. The molecule has 0 aromatic heterocycles. The monoisotopic (exact) mass is 498 g/mol. The van der Waals surface area contributed by atoms with Crippen molar-refractivity contribution in [1.82, 2.24) is 15.1 Å². The van der Waals surface area contributed by atoms with Crippen molar-refractivity contribution in [1.29, 1.82) is 0 Å². The van der Waals surface area contributed by atoms with E-state index in [1.165, 1.54) is 24.2 Å². The number of hydrogen-bond donors (Lipinski definition) is 1. The second-order valence-corrected chi connectivity index (χ2v) is 12.1. The van der Waals surface area contributed by atoms with Gasteiger partial charge in [-0.25, -0.2) is 0 Å². The van der Waals surface area contributed by atoms with Gasteiger partial charge in [0.1, 0.15) is 6.04 Å². The maximum Gasteiger partial charge on any atom is 0.252 e. The second kappa shape index (κ2) is 9.07. The molecule has 1 N–H and O–H groups in total. The van der Waals surface area contributed by atoms with Crippen molar-refractivity contribution in [2.45, 2.75) is 51.0 Å². The molecule has 0 radical (unpaired) electrons. The minimum Gasteiger partial charge on any atom is -0.369 e. The Morgan fingerprint density at radius 1 is 0.971 bits per heavy atom. The summed E-state index contributed by atoms with van der Waals surface area (Å²) in [4.78, 5) is 45.1. The third kappa shape index (κ3) is 4.46. The molecule has 0 spiro atoms. The quantitative estimate of drug-likeness (QED) is 0.610. The highest BCUT2D eigenvalue weighted by atomic mass is 35.5. The van der Waals surface area contributed by atoms with Gasteiger partial charge in [-0.2, -0.15) is 0 Å². The van der Waals surface area contributed by atoms with Crippen LogP contribution in [0.4, 0.5) is 5.69 Å². The average Bonchev–Trinajstić information content (AvgIpc) is 3.09. The smallest absolute Gasteiger partial charge is 0.252 e. The van der Waals surface area contributed by atoms with Gasteiger partial charge in [-0.1, -0.05) is 17.7 Å². The first-order valence-electron chi connectivity index (χ1n) is 13.3. The highest BCUT2D eigenvalue weighted by Gasteiger charge is 2.55. The number of benzene rings is 1. The van der Waals surface area contributed by atoms with Gasteiger partial charge in [0.25, 0.3) is 5.91 Å². The Bertz CT molecular complexity index is 986. The van der Waals surface area contributed by atoms with E-state index in [4.69, 9.17) is 11.6 Å². The molecule has 1 aromatic rings. The Kier molecular flexibility index (Phi) is 6.04. The standard InChI is InChI=1S/C27H35ClN4O3/c28-21-2-1-3-22(13-21)31-7-4-30(5-8-31)6-9-32-24(33)14-23(25(32)34)29-26(35)27-15-18-10-19(16-27)12-20(11-18)17-27/h1-3,13,18-20,23H,4-12,14-17H2,(H,29,35)/t18?,19?,20?,23-,27?/m0/s1. The van der Waals surface area contributed by atoms with Crippen molar-refractivity contribution in [3.05, 3.63) is 29.3 Å². The van der Waals surface area contributed by atoms with Crippen molar-refractivity contribution in [2.24, 2.45) is 23.2 Å². The summed E-state index contributed by atoms with van der Waals surface area (Å²) in [6.45, 7) is 4.55. The third-order valence-electron chi connectivity index (χ3n) is 9.25. The first-order valence-corrected chi connectivity index (χ1v) is 13.6. The zero-order valence-corrected chi connectivity index (χ0v) is 21.0. The number of carbonyl (C=O) groups is 3. The van der Waals surface area contributed by atoms with E-state index in [0.29, 0.717) is 30.8 Å². The number of rotatable bonds is 6. The Morgan fingerprint density at radius 3 is 2.26 bits per heavy atom. The Labute approximate surface area is 212 Å². The summed E-state index contributed by atoms with van der Waals surface area (Å²) < 4.78 is 0. The van der Waals surface area contributed by atoms with Crippen LogP contribution in [-0.4, -0.2) is 72.8 Å². The van der Waals surface area contributed by atoms with Gasteiger partial charge < -0.3 is 10.2 Å². The molecule has 1 aromatic carbocycles. The number of halogens is 1. The normalized spacial score (nSPS) is 34.7. The molecule has 7 rings (SSSR count). The fourth-order valence-electron chi connectivity index (χ4n) is 7.87. The maximum atomic E-state index is 13.4. The molecule has 6 fully saturated rings. The predicted molar refractivity (Wildman–Crippen MR) is 134 cm³/mol. The van der Waals surface area contributed by atoms with Gasteiger partial charge in [-0.05, 0) is 74.5 Å². The largest absolute Gasteiger partial charge is 0.369 e. The summed E-state index contributed by atoms with van der Waals surface area (Å²) in [7, 11) is 0. The molecule has 4 saturated carbocycles. The molecule has 4 aliphatic carbocycles. The van der Waals surface area contributed by atoms with Crippen LogP contribution < -0.4 is 10.2 Å². The highest BCUT2D eigenvalue weighted by Crippen LogP contribution is 2.60. The fraction of sp³-hybridized carbons (Fsp3) is 0.667. The van der Waals surface area contributed by atoms with Crippen molar-refractivity contribution in [2.75, 3.05) is 44.2 Å². The van der Waals surface area contributed by atoms with Gasteiger partial charge in [0.05, 0.1) is 6.42 Å². The molecule has 2 heterocycles. The summed E-state index contributed by atoms with van der Waals surface area (Å²) in [5.41, 5.74) is 0.827. The van der Waals surface area contributed by atoms with Gasteiger partial charge in [0.2, 0.25) is 11.8 Å². The number of likely N-dealkylation sites (tertiary alicyclic amines) is 1. The number of hydrogen-bond acceptors (Lipinski definition) is 5. The van der Waals surface area contributed by atoms with Gasteiger partial charge in [0, 0.05) is 55.4 Å². The molecular weight excluding hydrogens is 464 g/mol. The second-order valence-electron chi connectivity index (χ2n) is 11.6. The van der Waals surface area contributed by atoms with E-state index >= 15 is 0 Å². The van der Waals surface area contributed by atoms with Gasteiger partial charge in [-0.15, -0.1) is 0 Å². The Hall–Kier alpha value is -2.12. The number of nitrogens with zero attached hydrogens (tertiary/aromatic N) is 3. The number of anilines is 1. The molecule has 7 nitrogen and oxygen atoms in total. The first-order chi connectivity index (χ1) is 16.9. The third-order valence-corrected chi connectivity index (χ3v) is 9.49. The lowest BCUT2D eigenvalue weighted by Gasteiger charge is -2.55. The summed E-state index contributed by atoms with van der Waals surface area (Å²) in [5.74, 6) is 1.65. The number of carbonyl (C=O) groups excluding carboxylic acids is 3. The minimum absolute atomic E-state index is 0.0294. The summed E-state index contributed by atoms with van der Waals surface area (Å²) in [6.07, 6.45) is 6.80. The lowest BCUT2D eigenvalue weighted by Crippen LogP contribution is -2.56. The van der Waals surface area contributed by atoms with Crippen LogP contribution >= 0.6 is 11.6 Å². The summed E-state index contributed by atoms with van der Waals surface area (Å²) in [6, 6.07) is 7.21. The van der Waals surface area contributed by atoms with Crippen LogP contribution in [0, 0.1) is 23.2 Å². The van der Waals surface area contributed by atoms with E-state index in [-0.39, 0.29) is 29.6 Å².